The maximum absolute atomic E-state index is 13.6. The first-order chi connectivity index (χ1) is 43.5. The normalized spacial score (nSPS) is 16.4. The molecule has 2 fully saturated rings. The van der Waals surface area contributed by atoms with Crippen molar-refractivity contribution >= 4 is 83.2 Å². The lowest BCUT2D eigenvalue weighted by molar-refractivity contribution is -0.152. The Bertz CT molecular complexity index is 3040. The smallest absolute Gasteiger partial charge is 0.330 e. The second-order valence-electron chi connectivity index (χ2n) is 19.2. The van der Waals surface area contributed by atoms with Crippen molar-refractivity contribution in [3.05, 3.63) is 118 Å². The van der Waals surface area contributed by atoms with Gasteiger partial charge in [0.15, 0.2) is 0 Å². The molecule has 1 aliphatic heterocycles. The van der Waals surface area contributed by atoms with Gasteiger partial charge in [-0.2, -0.15) is 0 Å². The number of esters is 10. The minimum absolute atomic E-state index is 0.0148. The number of rotatable bonds is 27. The molecule has 3 aromatic carbocycles. The number of carbonyl (C=O) groups excluding carboxylic acids is 10. The third-order valence-electron chi connectivity index (χ3n) is 13.3. The van der Waals surface area contributed by atoms with Crippen LogP contribution in [0, 0.1) is 41.6 Å². The van der Waals surface area contributed by atoms with Gasteiger partial charge in [0.2, 0.25) is 0 Å². The number of carbonyl (C=O) groups is 10. The monoisotopic (exact) mass is 1280 g/mol. The van der Waals surface area contributed by atoms with Gasteiger partial charge in [-0.3, -0.25) is 38.4 Å². The summed E-state index contributed by atoms with van der Waals surface area (Å²) in [6.07, 6.45) is 6.15. The number of ether oxygens (including phenoxy) is 10. The Morgan fingerprint density at radius 1 is 0.500 bits per heavy atom. The maximum atomic E-state index is 13.6. The van der Waals surface area contributed by atoms with E-state index >= 15 is 0 Å². The Kier molecular flexibility index (Phi) is 35.4. The van der Waals surface area contributed by atoms with Gasteiger partial charge in [0, 0.05) is 18.6 Å². The molecule has 1 heterocycles. The van der Waals surface area contributed by atoms with Crippen LogP contribution in [0.3, 0.4) is 0 Å². The number of fused-ring (bicyclic) bond motifs is 1. The van der Waals surface area contributed by atoms with E-state index in [-0.39, 0.29) is 94.4 Å². The van der Waals surface area contributed by atoms with Crippen molar-refractivity contribution in [3.8, 4) is 29.1 Å². The van der Waals surface area contributed by atoms with E-state index in [1.54, 1.807) is 43.3 Å². The van der Waals surface area contributed by atoms with Crippen molar-refractivity contribution in [2.45, 2.75) is 141 Å². The summed E-state index contributed by atoms with van der Waals surface area (Å²) in [4.78, 5) is 125. The quantitative estimate of drug-likeness (QED) is 0.0130. The predicted octanol–water partition coefficient (Wildman–Crippen LogP) is 11.5. The standard InChI is InChI=1S/C51H50N2O14S2.C11H16O6.2C2H6/c1-4-31-6-18-37(19-7-31)64-47(57)33-10-14-35(15-11-33)49(59)66-40-22-23-41(46-45(40)68-51(69-46)39(30-52)53-3)67-50(60)36-16-12-34(13-17-36)48(58)65-38-20-8-32(9-21-38)26-27-61-43(55)24-25-44(56)63-29-28-62-42(54)5-2;1-3-9(12)16-7-8-17-11(14)6-5-10(13)15-4-2;2*1-2/h5-9,18-23,33-36H,2,4,10-17,24-29H2,1H3;3H,1,4-8H2,2H3;2*1-2H3/b51-39-;;;. The van der Waals surface area contributed by atoms with E-state index in [4.69, 9.17) is 44.5 Å². The van der Waals surface area contributed by atoms with E-state index in [1.165, 1.54) is 12.1 Å². The summed E-state index contributed by atoms with van der Waals surface area (Å²) in [5, 5.41) is 9.64. The summed E-state index contributed by atoms with van der Waals surface area (Å²) in [6.45, 7) is 25.7. The lowest BCUT2D eigenvalue weighted by atomic mass is 9.82. The molecule has 0 N–H and O–H groups in total. The molecule has 0 amide bonds. The number of nitrogens with zero attached hydrogens (tertiary/aromatic N) is 2. The van der Waals surface area contributed by atoms with E-state index in [0.29, 0.717) is 83.3 Å². The van der Waals surface area contributed by atoms with E-state index < -0.39 is 71.5 Å². The van der Waals surface area contributed by atoms with Crippen LogP contribution in [0.4, 0.5) is 0 Å². The predicted molar refractivity (Wildman–Crippen MR) is 330 cm³/mol. The van der Waals surface area contributed by atoms with Crippen LogP contribution >= 0.6 is 23.5 Å². The van der Waals surface area contributed by atoms with Gasteiger partial charge >= 0.3 is 59.7 Å². The van der Waals surface area contributed by atoms with Crippen LogP contribution in [-0.4, -0.2) is 99.3 Å². The molecule has 22 nitrogen and oxygen atoms in total. The van der Waals surface area contributed by atoms with Crippen LogP contribution in [0.2, 0.25) is 0 Å². The zero-order valence-electron chi connectivity index (χ0n) is 51.7. The van der Waals surface area contributed by atoms with Crippen molar-refractivity contribution in [1.82, 2.24) is 0 Å². The average molecular weight is 1280 g/mol. The molecule has 3 aromatic rings. The summed E-state index contributed by atoms with van der Waals surface area (Å²) >= 11 is 2.18. The zero-order chi connectivity index (χ0) is 66.4. The molecule has 0 spiro atoms. The number of thioether (sulfide) groups is 2. The number of allylic oxidation sites excluding steroid dienone is 1. The van der Waals surface area contributed by atoms with Gasteiger partial charge in [0.05, 0.1) is 89.2 Å². The second-order valence-corrected chi connectivity index (χ2v) is 21.5. The Balaban J connectivity index is 0.000000866. The van der Waals surface area contributed by atoms with Crippen LogP contribution in [0.25, 0.3) is 4.85 Å². The Hall–Kier alpha value is -8.74. The molecule has 24 heteroatoms. The van der Waals surface area contributed by atoms with E-state index in [0.717, 1.165) is 53.2 Å². The Morgan fingerprint density at radius 3 is 1.17 bits per heavy atom. The minimum atomic E-state index is -0.634. The van der Waals surface area contributed by atoms with Gasteiger partial charge in [-0.15, -0.1) is 0 Å². The van der Waals surface area contributed by atoms with E-state index in [1.807, 2.05) is 52.8 Å². The molecular weight excluding hydrogens is 1200 g/mol. The number of nitriles is 1. The fraction of sp³-hybridized carbons (Fsp3) is 0.455. The number of benzene rings is 3. The van der Waals surface area contributed by atoms with Crippen molar-refractivity contribution in [1.29, 1.82) is 5.26 Å². The lowest BCUT2D eigenvalue weighted by Crippen LogP contribution is -2.30. The van der Waals surface area contributed by atoms with Crippen LogP contribution in [0.5, 0.6) is 23.0 Å². The van der Waals surface area contributed by atoms with Crippen molar-refractivity contribution in [2.75, 3.05) is 39.6 Å². The number of hydrogen-bond donors (Lipinski definition) is 0. The number of hydrogen-bond acceptors (Lipinski definition) is 23. The van der Waals surface area contributed by atoms with E-state index in [2.05, 4.69) is 27.5 Å². The molecular formula is C66H78N2O20S2. The molecule has 2 aliphatic carbocycles. The first-order valence-electron chi connectivity index (χ1n) is 29.8. The van der Waals surface area contributed by atoms with Gasteiger partial charge in [0.1, 0.15) is 49.4 Å². The van der Waals surface area contributed by atoms with Crippen LogP contribution in [0.15, 0.2) is 106 Å². The Morgan fingerprint density at radius 2 is 0.833 bits per heavy atom. The minimum Gasteiger partial charge on any atom is -0.466 e. The topological polar surface area (TPSA) is 291 Å². The van der Waals surface area contributed by atoms with Gasteiger partial charge < -0.3 is 47.4 Å². The molecule has 2 saturated carbocycles. The van der Waals surface area contributed by atoms with Gasteiger partial charge in [0.25, 0.3) is 5.70 Å². The Labute approximate surface area is 533 Å². The van der Waals surface area contributed by atoms with Crippen molar-refractivity contribution in [3.63, 3.8) is 0 Å². The highest BCUT2D eigenvalue weighted by atomic mass is 32.2. The molecule has 0 atom stereocenters. The highest BCUT2D eigenvalue weighted by molar-refractivity contribution is 8.24. The molecule has 0 unspecified atom stereocenters. The summed E-state index contributed by atoms with van der Waals surface area (Å²) in [6, 6.07) is 19.1. The SMILES string of the molecule is C=CC(=O)OCCOC(=O)CCC(=O)OCC.CC.CC.[C-]#[N+]/C(C#N)=C1/Sc2c(OC(=O)C3CCC(C(=O)Oc4ccc(CC)cc4)CC3)ccc(OC(=O)C3CCC(C(=O)Oc4ccc(CCOC(=O)CCC(=O)OCCOC(=O)C=C)cc4)CC3)c2S1. The van der Waals surface area contributed by atoms with Gasteiger partial charge in [-0.05, 0) is 112 Å². The third-order valence-corrected chi connectivity index (χ3v) is 15.9. The van der Waals surface area contributed by atoms with Gasteiger partial charge in [-0.25, -0.2) is 19.7 Å². The van der Waals surface area contributed by atoms with Crippen LogP contribution < -0.4 is 18.9 Å². The van der Waals surface area contributed by atoms with Gasteiger partial charge in [-0.1, -0.05) is 95.6 Å². The fourth-order valence-corrected chi connectivity index (χ4v) is 11.1. The molecule has 0 saturated heterocycles. The molecule has 0 bridgehead atoms. The van der Waals surface area contributed by atoms with Crippen LogP contribution in [-0.2, 0) is 89.2 Å². The largest absolute Gasteiger partial charge is 0.466 e. The van der Waals surface area contributed by atoms with E-state index in [9.17, 15) is 53.2 Å². The number of aryl methyl sites for hydroxylation is 1. The summed E-state index contributed by atoms with van der Waals surface area (Å²) in [5.74, 6) is -5.66. The van der Waals surface area contributed by atoms with Crippen molar-refractivity contribution < 1.29 is 95.3 Å². The zero-order valence-corrected chi connectivity index (χ0v) is 53.3. The molecule has 484 valence electrons. The summed E-state index contributed by atoms with van der Waals surface area (Å²) in [7, 11) is 0. The first kappa shape index (κ1) is 75.5. The molecule has 6 rings (SSSR count). The molecule has 0 aromatic heterocycles. The maximum Gasteiger partial charge on any atom is 0.330 e. The molecule has 3 aliphatic rings. The highest BCUT2D eigenvalue weighted by Crippen LogP contribution is 2.59. The molecule has 90 heavy (non-hydrogen) atoms. The first-order valence-corrected chi connectivity index (χ1v) is 31.4. The molecule has 0 radical (unpaired) electrons. The van der Waals surface area contributed by atoms with Crippen molar-refractivity contribution in [2.24, 2.45) is 23.7 Å². The van der Waals surface area contributed by atoms with Crippen LogP contribution in [0.1, 0.15) is 130 Å². The fourth-order valence-electron chi connectivity index (χ4n) is 8.58. The summed E-state index contributed by atoms with van der Waals surface area (Å²) < 4.78 is 52.2. The second kappa shape index (κ2) is 42.2. The highest BCUT2D eigenvalue weighted by Gasteiger charge is 2.37. The third kappa shape index (κ3) is 26.5. The lowest BCUT2D eigenvalue weighted by Gasteiger charge is -2.26. The summed E-state index contributed by atoms with van der Waals surface area (Å²) in [5.41, 5.74) is 1.81. The average Bonchev–Trinajstić information content (AvgIpc) is 1.63.